The quantitative estimate of drug-likeness (QED) is 0.467. The molecule has 4 aromatic rings. The number of fused-ring (bicyclic) bond motifs is 1. The summed E-state index contributed by atoms with van der Waals surface area (Å²) in [6.45, 7) is 3.57. The van der Waals surface area contributed by atoms with Crippen molar-refractivity contribution in [1.29, 1.82) is 0 Å². The third-order valence-corrected chi connectivity index (χ3v) is 6.18. The van der Waals surface area contributed by atoms with Gasteiger partial charge in [-0.3, -0.25) is 9.48 Å². The van der Waals surface area contributed by atoms with Crippen LogP contribution in [-0.2, 0) is 13.7 Å². The molecule has 174 valence electrons. The largest absolute Gasteiger partial charge is 0.390 e. The van der Waals surface area contributed by atoms with Crippen molar-refractivity contribution in [3.05, 3.63) is 60.0 Å². The molecule has 34 heavy (non-hydrogen) atoms. The van der Waals surface area contributed by atoms with E-state index in [0.717, 1.165) is 54.2 Å². The fourth-order valence-corrected chi connectivity index (χ4v) is 4.12. The van der Waals surface area contributed by atoms with Crippen LogP contribution < -0.4 is 10.2 Å². The van der Waals surface area contributed by atoms with E-state index in [1.165, 1.54) is 0 Å². The number of amides is 1. The fourth-order valence-electron chi connectivity index (χ4n) is 4.12. The zero-order valence-corrected chi connectivity index (χ0v) is 19.1. The van der Waals surface area contributed by atoms with E-state index in [-0.39, 0.29) is 12.5 Å². The molecule has 1 aliphatic heterocycles. The van der Waals surface area contributed by atoms with E-state index in [2.05, 4.69) is 42.4 Å². The van der Waals surface area contributed by atoms with E-state index in [0.29, 0.717) is 16.9 Å². The standard InChI is InChI=1S/C24H26N8O2/c1-30-7-9-32(10-8-30)23-13-17(5-6-25-23)24(34)27-22-12-18-11-16(3-4-20(18)28-29-22)19-14-26-31(2)21(19)15-33/h3-6,11-14,33H,7-10,15H2,1-2H3,(H,27,29,34). The summed E-state index contributed by atoms with van der Waals surface area (Å²) in [4.78, 5) is 21.8. The second-order valence-electron chi connectivity index (χ2n) is 8.44. The molecule has 1 amide bonds. The molecule has 3 aromatic heterocycles. The third-order valence-electron chi connectivity index (χ3n) is 6.18. The second kappa shape index (κ2) is 9.16. The highest BCUT2D eigenvalue weighted by Crippen LogP contribution is 2.27. The summed E-state index contributed by atoms with van der Waals surface area (Å²) >= 11 is 0. The number of hydrogen-bond acceptors (Lipinski definition) is 8. The van der Waals surface area contributed by atoms with Crippen molar-refractivity contribution < 1.29 is 9.90 Å². The number of anilines is 2. The number of carbonyl (C=O) groups is 1. The Morgan fingerprint density at radius 2 is 1.88 bits per heavy atom. The molecule has 0 spiro atoms. The van der Waals surface area contributed by atoms with Crippen molar-refractivity contribution in [3.8, 4) is 11.1 Å². The van der Waals surface area contributed by atoms with Crippen LogP contribution in [0.4, 0.5) is 11.6 Å². The van der Waals surface area contributed by atoms with E-state index < -0.39 is 0 Å². The average molecular weight is 459 g/mol. The van der Waals surface area contributed by atoms with E-state index >= 15 is 0 Å². The number of pyridine rings is 1. The lowest BCUT2D eigenvalue weighted by molar-refractivity contribution is 0.102. The molecule has 10 heteroatoms. The van der Waals surface area contributed by atoms with Gasteiger partial charge in [0, 0.05) is 55.9 Å². The van der Waals surface area contributed by atoms with Gasteiger partial charge in [-0.15, -0.1) is 10.2 Å². The second-order valence-corrected chi connectivity index (χ2v) is 8.44. The molecule has 1 aliphatic rings. The summed E-state index contributed by atoms with van der Waals surface area (Å²) in [6, 6.07) is 11.0. The summed E-state index contributed by atoms with van der Waals surface area (Å²) in [6.07, 6.45) is 3.39. The minimum absolute atomic E-state index is 0.109. The Balaban J connectivity index is 1.37. The molecule has 1 fully saturated rings. The van der Waals surface area contributed by atoms with Gasteiger partial charge in [0.05, 0.1) is 24.0 Å². The SMILES string of the molecule is CN1CCN(c2cc(C(=O)Nc3cc4cc(-c5cnn(C)c5CO)ccc4nn3)ccn2)CC1. The van der Waals surface area contributed by atoms with Crippen molar-refractivity contribution in [3.63, 3.8) is 0 Å². The molecular formula is C24H26N8O2. The van der Waals surface area contributed by atoms with Gasteiger partial charge in [0.1, 0.15) is 5.82 Å². The minimum Gasteiger partial charge on any atom is -0.390 e. The van der Waals surface area contributed by atoms with Crippen LogP contribution in [0.1, 0.15) is 16.1 Å². The van der Waals surface area contributed by atoms with Crippen LogP contribution in [-0.4, -0.2) is 74.1 Å². The van der Waals surface area contributed by atoms with Crippen LogP contribution >= 0.6 is 0 Å². The summed E-state index contributed by atoms with van der Waals surface area (Å²) in [5.74, 6) is 0.893. The van der Waals surface area contributed by atoms with Gasteiger partial charge in [-0.25, -0.2) is 4.98 Å². The molecule has 0 bridgehead atoms. The molecule has 0 saturated carbocycles. The molecule has 0 unspecified atom stereocenters. The van der Waals surface area contributed by atoms with Crippen molar-refractivity contribution in [1.82, 2.24) is 29.9 Å². The Labute approximate surface area is 196 Å². The lowest BCUT2D eigenvalue weighted by Gasteiger charge is -2.33. The number of piperazine rings is 1. The van der Waals surface area contributed by atoms with Gasteiger partial charge in [0.2, 0.25) is 0 Å². The zero-order chi connectivity index (χ0) is 23.7. The number of likely N-dealkylation sites (N-methyl/N-ethyl adjacent to an activating group) is 1. The summed E-state index contributed by atoms with van der Waals surface area (Å²) in [5, 5.41) is 26.0. The van der Waals surface area contributed by atoms with Crippen LogP contribution in [0, 0.1) is 0 Å². The van der Waals surface area contributed by atoms with Gasteiger partial charge < -0.3 is 20.2 Å². The van der Waals surface area contributed by atoms with Crippen LogP contribution in [0.5, 0.6) is 0 Å². The van der Waals surface area contributed by atoms with E-state index in [9.17, 15) is 9.90 Å². The number of aliphatic hydroxyl groups excluding tert-OH is 1. The number of aromatic nitrogens is 5. The van der Waals surface area contributed by atoms with E-state index in [4.69, 9.17) is 0 Å². The van der Waals surface area contributed by atoms with E-state index in [1.54, 1.807) is 36.3 Å². The Morgan fingerprint density at radius 3 is 2.68 bits per heavy atom. The normalized spacial score (nSPS) is 14.5. The predicted octanol–water partition coefficient (Wildman–Crippen LogP) is 1.92. The zero-order valence-electron chi connectivity index (χ0n) is 19.1. The topological polar surface area (TPSA) is 112 Å². The van der Waals surface area contributed by atoms with E-state index in [1.807, 2.05) is 24.3 Å². The van der Waals surface area contributed by atoms with Crippen molar-refractivity contribution in [2.45, 2.75) is 6.61 Å². The first-order valence-corrected chi connectivity index (χ1v) is 11.1. The molecule has 0 radical (unpaired) electrons. The van der Waals surface area contributed by atoms with Crippen molar-refractivity contribution >= 4 is 28.4 Å². The lowest BCUT2D eigenvalue weighted by Crippen LogP contribution is -2.44. The number of aryl methyl sites for hydroxylation is 1. The summed E-state index contributed by atoms with van der Waals surface area (Å²) < 4.78 is 1.65. The smallest absolute Gasteiger partial charge is 0.257 e. The van der Waals surface area contributed by atoms with Crippen LogP contribution in [0.3, 0.4) is 0 Å². The first kappa shape index (κ1) is 21.9. The summed E-state index contributed by atoms with van der Waals surface area (Å²) in [7, 11) is 3.90. The minimum atomic E-state index is -0.266. The Hall–Kier alpha value is -3.89. The monoisotopic (exact) mass is 458 g/mol. The molecule has 0 atom stereocenters. The van der Waals surface area contributed by atoms with Crippen LogP contribution in [0.15, 0.2) is 48.8 Å². The number of rotatable bonds is 5. The fraction of sp³-hybridized carbons (Fsp3) is 0.292. The first-order chi connectivity index (χ1) is 16.5. The highest BCUT2D eigenvalue weighted by Gasteiger charge is 2.17. The Bertz CT molecular complexity index is 1340. The van der Waals surface area contributed by atoms with Gasteiger partial charge in [-0.1, -0.05) is 6.07 Å². The number of benzene rings is 1. The highest BCUT2D eigenvalue weighted by molar-refractivity contribution is 6.04. The van der Waals surface area contributed by atoms with Gasteiger partial charge in [0.15, 0.2) is 5.82 Å². The average Bonchev–Trinajstić information content (AvgIpc) is 3.24. The van der Waals surface area contributed by atoms with Crippen molar-refractivity contribution in [2.24, 2.45) is 7.05 Å². The maximum Gasteiger partial charge on any atom is 0.257 e. The number of hydrogen-bond donors (Lipinski definition) is 2. The predicted molar refractivity (Wildman–Crippen MR) is 130 cm³/mol. The van der Waals surface area contributed by atoms with Gasteiger partial charge in [-0.05, 0) is 42.9 Å². The van der Waals surface area contributed by atoms with Crippen molar-refractivity contribution in [2.75, 3.05) is 43.4 Å². The number of aliphatic hydroxyl groups is 1. The molecule has 0 aliphatic carbocycles. The van der Waals surface area contributed by atoms with Gasteiger partial charge in [0.25, 0.3) is 5.91 Å². The Morgan fingerprint density at radius 1 is 1.06 bits per heavy atom. The van der Waals surface area contributed by atoms with Crippen LogP contribution in [0.25, 0.3) is 22.0 Å². The molecule has 1 aromatic carbocycles. The van der Waals surface area contributed by atoms with Crippen LogP contribution in [0.2, 0.25) is 0 Å². The van der Waals surface area contributed by atoms with Gasteiger partial charge >= 0.3 is 0 Å². The lowest BCUT2D eigenvalue weighted by atomic mass is 10.0. The molecule has 4 heterocycles. The Kier molecular flexibility index (Phi) is 5.91. The maximum absolute atomic E-state index is 12.9. The first-order valence-electron chi connectivity index (χ1n) is 11.1. The number of nitrogens with one attached hydrogen (secondary N) is 1. The number of carbonyl (C=O) groups excluding carboxylic acids is 1. The highest BCUT2D eigenvalue weighted by atomic mass is 16.3. The molecular weight excluding hydrogens is 432 g/mol. The molecule has 1 saturated heterocycles. The molecule has 10 nitrogen and oxygen atoms in total. The molecule has 5 rings (SSSR count). The number of nitrogens with zero attached hydrogens (tertiary/aromatic N) is 7. The van der Waals surface area contributed by atoms with Gasteiger partial charge in [-0.2, -0.15) is 5.10 Å². The maximum atomic E-state index is 12.9. The third kappa shape index (κ3) is 4.33. The summed E-state index contributed by atoms with van der Waals surface area (Å²) in [5.41, 5.74) is 3.70. The molecule has 2 N–H and O–H groups in total.